The molecule has 2 aromatic rings. The third-order valence-electron chi connectivity index (χ3n) is 1.93. The van der Waals surface area contributed by atoms with Gasteiger partial charge in [0.2, 0.25) is 0 Å². The van der Waals surface area contributed by atoms with Crippen LogP contribution in [0.3, 0.4) is 0 Å². The fourth-order valence-electron chi connectivity index (χ4n) is 1.20. The zero-order chi connectivity index (χ0) is 11.4. The lowest BCUT2D eigenvalue weighted by Crippen LogP contribution is -2.00. The van der Waals surface area contributed by atoms with Crippen LogP contribution in [0.5, 0.6) is 0 Å². The second kappa shape index (κ2) is 5.70. The molecule has 84 valence electrons. The minimum absolute atomic E-state index is 0.165. The van der Waals surface area contributed by atoms with Gasteiger partial charge in [-0.15, -0.1) is 23.1 Å². The highest BCUT2D eigenvalue weighted by atomic mass is 79.9. The van der Waals surface area contributed by atoms with E-state index >= 15 is 0 Å². The van der Waals surface area contributed by atoms with Gasteiger partial charge in [0.15, 0.2) is 5.78 Å². The summed E-state index contributed by atoms with van der Waals surface area (Å²) in [5.74, 6) is 2.29. The zero-order valence-corrected chi connectivity index (χ0v) is 11.5. The molecule has 2 heterocycles. The van der Waals surface area contributed by atoms with E-state index < -0.39 is 0 Å². The predicted molar refractivity (Wildman–Crippen MR) is 71.2 cm³/mol. The summed E-state index contributed by atoms with van der Waals surface area (Å²) in [5.41, 5.74) is 0. The largest absolute Gasteiger partial charge is 0.468 e. The Labute approximate surface area is 110 Å². The van der Waals surface area contributed by atoms with Gasteiger partial charge in [-0.05, 0) is 39.5 Å². The summed E-state index contributed by atoms with van der Waals surface area (Å²) < 4.78 is 6.08. The van der Waals surface area contributed by atoms with Gasteiger partial charge in [0, 0.05) is 4.47 Å². The number of halogens is 1. The molecular formula is C11H9BrO2S2. The van der Waals surface area contributed by atoms with E-state index in [-0.39, 0.29) is 5.78 Å². The monoisotopic (exact) mass is 316 g/mol. The third-order valence-corrected chi connectivity index (χ3v) is 4.76. The first kappa shape index (κ1) is 12.0. The van der Waals surface area contributed by atoms with Crippen molar-refractivity contribution in [3.8, 4) is 0 Å². The summed E-state index contributed by atoms with van der Waals surface area (Å²) in [6.07, 6.45) is 1.65. The highest BCUT2D eigenvalue weighted by Crippen LogP contribution is 2.24. The minimum Gasteiger partial charge on any atom is -0.468 e. The third kappa shape index (κ3) is 2.99. The first-order valence-electron chi connectivity index (χ1n) is 4.63. The molecule has 0 aliphatic carbocycles. The van der Waals surface area contributed by atoms with Crippen molar-refractivity contribution in [2.45, 2.75) is 5.75 Å². The van der Waals surface area contributed by atoms with Crippen LogP contribution in [0.4, 0.5) is 0 Å². The lowest BCUT2D eigenvalue weighted by molar-refractivity contribution is 0.102. The van der Waals surface area contributed by atoms with E-state index in [1.54, 1.807) is 18.0 Å². The molecule has 0 aliphatic rings. The molecule has 0 amide bonds. The van der Waals surface area contributed by atoms with Gasteiger partial charge in [-0.1, -0.05) is 0 Å². The van der Waals surface area contributed by atoms with Crippen molar-refractivity contribution in [3.63, 3.8) is 0 Å². The highest BCUT2D eigenvalue weighted by molar-refractivity contribution is 9.10. The Bertz CT molecular complexity index is 462. The van der Waals surface area contributed by atoms with Gasteiger partial charge in [-0.25, -0.2) is 0 Å². The maximum atomic E-state index is 11.8. The second-order valence-electron chi connectivity index (χ2n) is 3.09. The Morgan fingerprint density at radius 2 is 2.38 bits per heavy atom. The number of carbonyl (C=O) groups excluding carboxylic acids is 1. The molecular weight excluding hydrogens is 308 g/mol. The van der Waals surface area contributed by atoms with Crippen LogP contribution in [0.25, 0.3) is 0 Å². The number of hydrogen-bond acceptors (Lipinski definition) is 4. The molecule has 5 heteroatoms. The smallest absolute Gasteiger partial charge is 0.183 e. The molecule has 0 unspecified atom stereocenters. The van der Waals surface area contributed by atoms with E-state index in [1.807, 2.05) is 23.6 Å². The van der Waals surface area contributed by atoms with Gasteiger partial charge < -0.3 is 4.42 Å². The van der Waals surface area contributed by atoms with Crippen LogP contribution in [0, 0.1) is 0 Å². The van der Waals surface area contributed by atoms with Gasteiger partial charge in [-0.3, -0.25) is 4.79 Å². The van der Waals surface area contributed by atoms with Crippen molar-refractivity contribution < 1.29 is 9.21 Å². The molecule has 0 spiro atoms. The van der Waals surface area contributed by atoms with Crippen LogP contribution in [-0.2, 0) is 5.75 Å². The van der Waals surface area contributed by atoms with E-state index in [0.29, 0.717) is 5.75 Å². The molecule has 0 aromatic carbocycles. The van der Waals surface area contributed by atoms with Crippen LogP contribution in [-0.4, -0.2) is 11.5 Å². The highest BCUT2D eigenvalue weighted by Gasteiger charge is 2.11. The van der Waals surface area contributed by atoms with Crippen molar-refractivity contribution in [2.75, 3.05) is 5.75 Å². The van der Waals surface area contributed by atoms with Crippen molar-refractivity contribution >= 4 is 44.8 Å². The van der Waals surface area contributed by atoms with Crippen LogP contribution in [0.15, 0.2) is 38.7 Å². The predicted octanol–water partition coefficient (Wildman–Crippen LogP) is 4.22. The molecule has 0 saturated heterocycles. The summed E-state index contributed by atoms with van der Waals surface area (Å²) in [4.78, 5) is 12.6. The van der Waals surface area contributed by atoms with E-state index in [4.69, 9.17) is 4.42 Å². The minimum atomic E-state index is 0.165. The van der Waals surface area contributed by atoms with Crippen molar-refractivity contribution in [2.24, 2.45) is 0 Å². The van der Waals surface area contributed by atoms with E-state index in [0.717, 1.165) is 20.9 Å². The van der Waals surface area contributed by atoms with Gasteiger partial charge in [0.1, 0.15) is 5.76 Å². The molecule has 16 heavy (non-hydrogen) atoms. The lowest BCUT2D eigenvalue weighted by Gasteiger charge is -1.98. The topological polar surface area (TPSA) is 30.2 Å². The fourth-order valence-corrected chi connectivity index (χ4v) is 3.62. The van der Waals surface area contributed by atoms with Crippen LogP contribution in [0.1, 0.15) is 15.4 Å². The quantitative estimate of drug-likeness (QED) is 0.774. The van der Waals surface area contributed by atoms with Crippen LogP contribution < -0.4 is 0 Å². The first-order chi connectivity index (χ1) is 7.77. The van der Waals surface area contributed by atoms with Crippen molar-refractivity contribution in [1.29, 1.82) is 0 Å². The molecule has 0 N–H and O–H groups in total. The van der Waals surface area contributed by atoms with Gasteiger partial charge in [0.05, 0.1) is 22.6 Å². The maximum absolute atomic E-state index is 11.8. The number of rotatable bonds is 5. The summed E-state index contributed by atoms with van der Waals surface area (Å²) in [6.45, 7) is 0. The lowest BCUT2D eigenvalue weighted by atomic mass is 10.3. The van der Waals surface area contributed by atoms with Crippen molar-refractivity contribution in [1.82, 2.24) is 0 Å². The SMILES string of the molecule is O=C(CSCc1ccco1)c1sccc1Br. The van der Waals surface area contributed by atoms with Gasteiger partial charge in [-0.2, -0.15) is 0 Å². The average Bonchev–Trinajstić information content (AvgIpc) is 2.88. The molecule has 2 aromatic heterocycles. The van der Waals surface area contributed by atoms with E-state index in [1.165, 1.54) is 11.3 Å². The number of Topliss-reactive ketones (excluding diaryl/α,β-unsaturated/α-hetero) is 1. The Morgan fingerprint density at radius 3 is 3.00 bits per heavy atom. The number of carbonyl (C=O) groups is 1. The summed E-state index contributed by atoms with van der Waals surface area (Å²) in [5, 5.41) is 1.91. The Kier molecular flexibility index (Phi) is 4.26. The summed E-state index contributed by atoms with van der Waals surface area (Å²) in [7, 11) is 0. The zero-order valence-electron chi connectivity index (χ0n) is 8.31. The van der Waals surface area contributed by atoms with E-state index in [2.05, 4.69) is 15.9 Å². The van der Waals surface area contributed by atoms with Crippen LogP contribution in [0.2, 0.25) is 0 Å². The number of thioether (sulfide) groups is 1. The first-order valence-corrected chi connectivity index (χ1v) is 7.46. The fraction of sp³-hybridized carbons (Fsp3) is 0.182. The Hall–Kier alpha value is -0.520. The Balaban J connectivity index is 1.83. The molecule has 2 nitrogen and oxygen atoms in total. The van der Waals surface area contributed by atoms with Gasteiger partial charge in [0.25, 0.3) is 0 Å². The molecule has 2 rings (SSSR count). The van der Waals surface area contributed by atoms with E-state index in [9.17, 15) is 4.79 Å². The van der Waals surface area contributed by atoms with Crippen LogP contribution >= 0.6 is 39.0 Å². The number of ketones is 1. The molecule has 0 atom stereocenters. The summed E-state index contributed by atoms with van der Waals surface area (Å²) >= 11 is 6.40. The molecule has 0 radical (unpaired) electrons. The molecule has 0 bridgehead atoms. The Morgan fingerprint density at radius 1 is 1.50 bits per heavy atom. The standard InChI is InChI=1S/C11H9BrO2S2/c12-9-3-5-16-11(9)10(13)7-15-6-8-2-1-4-14-8/h1-5H,6-7H2. The molecule has 0 fully saturated rings. The second-order valence-corrected chi connectivity index (χ2v) is 5.85. The molecule has 0 aliphatic heterocycles. The maximum Gasteiger partial charge on any atom is 0.183 e. The van der Waals surface area contributed by atoms with Gasteiger partial charge >= 0.3 is 0 Å². The normalized spacial score (nSPS) is 10.6. The molecule has 0 saturated carbocycles. The summed E-state index contributed by atoms with van der Waals surface area (Å²) in [6, 6.07) is 5.67. The number of thiophene rings is 1. The van der Waals surface area contributed by atoms with Crippen molar-refractivity contribution in [3.05, 3.63) is 45.0 Å². The number of hydrogen-bond donors (Lipinski definition) is 0. The average molecular weight is 317 g/mol. The number of furan rings is 1.